The van der Waals surface area contributed by atoms with Crippen LogP contribution in [0.5, 0.6) is 0 Å². The first kappa shape index (κ1) is 12.1. The van der Waals surface area contributed by atoms with Gasteiger partial charge in [0.2, 0.25) is 5.91 Å². The van der Waals surface area contributed by atoms with Crippen LogP contribution in [-0.4, -0.2) is 5.91 Å². The number of rotatable bonds is 5. The Morgan fingerprint density at radius 2 is 2.06 bits per heavy atom. The van der Waals surface area contributed by atoms with Gasteiger partial charge in [0, 0.05) is 13.0 Å². The molecule has 0 saturated heterocycles. The lowest BCUT2D eigenvalue weighted by atomic mass is 10.1. The minimum absolute atomic E-state index is 0.0769. The van der Waals surface area contributed by atoms with Crippen LogP contribution in [0.4, 0.5) is 0 Å². The van der Waals surface area contributed by atoms with Gasteiger partial charge in [-0.3, -0.25) is 4.79 Å². The summed E-state index contributed by atoms with van der Waals surface area (Å²) in [6, 6.07) is 8.17. The van der Waals surface area contributed by atoms with Crippen molar-refractivity contribution in [2.75, 3.05) is 0 Å². The average Bonchev–Trinajstić information content (AvgIpc) is 3.12. The third-order valence-corrected chi connectivity index (χ3v) is 3.26. The summed E-state index contributed by atoms with van der Waals surface area (Å²) in [7, 11) is 0. The van der Waals surface area contributed by atoms with E-state index in [4.69, 9.17) is 5.73 Å². The summed E-state index contributed by atoms with van der Waals surface area (Å²) in [6.07, 6.45) is 3.12. The van der Waals surface area contributed by atoms with E-state index < -0.39 is 0 Å². The highest BCUT2D eigenvalue weighted by Crippen LogP contribution is 2.32. The third-order valence-electron chi connectivity index (χ3n) is 3.26. The summed E-state index contributed by atoms with van der Waals surface area (Å²) in [5, 5.41) is 3.03. The zero-order chi connectivity index (χ0) is 12.3. The zero-order valence-electron chi connectivity index (χ0n) is 10.3. The van der Waals surface area contributed by atoms with Crippen LogP contribution in [-0.2, 0) is 11.3 Å². The number of carbonyl (C=O) groups is 1. The summed E-state index contributed by atoms with van der Waals surface area (Å²) >= 11 is 0. The molecule has 1 aliphatic rings. The largest absolute Gasteiger partial charge is 0.350 e. The monoisotopic (exact) mass is 232 g/mol. The molecule has 1 amide bonds. The fraction of sp³-hybridized carbons (Fsp3) is 0.500. The molecule has 3 heteroatoms. The van der Waals surface area contributed by atoms with Gasteiger partial charge in [-0.1, -0.05) is 24.3 Å². The van der Waals surface area contributed by atoms with Gasteiger partial charge in [-0.15, -0.1) is 0 Å². The molecule has 92 valence electrons. The van der Waals surface area contributed by atoms with Crippen molar-refractivity contribution in [2.24, 2.45) is 11.7 Å². The van der Waals surface area contributed by atoms with Crippen LogP contribution < -0.4 is 11.1 Å². The van der Waals surface area contributed by atoms with Crippen molar-refractivity contribution < 1.29 is 4.79 Å². The Morgan fingerprint density at radius 1 is 1.41 bits per heavy atom. The summed E-state index contributed by atoms with van der Waals surface area (Å²) < 4.78 is 0. The molecule has 0 aromatic heterocycles. The van der Waals surface area contributed by atoms with E-state index in [1.165, 1.54) is 12.8 Å². The van der Waals surface area contributed by atoms with Gasteiger partial charge in [0.05, 0.1) is 6.04 Å². The van der Waals surface area contributed by atoms with E-state index in [-0.39, 0.29) is 11.9 Å². The molecule has 1 aromatic rings. The smallest absolute Gasteiger partial charge is 0.220 e. The molecule has 2 rings (SSSR count). The van der Waals surface area contributed by atoms with Gasteiger partial charge in [-0.25, -0.2) is 0 Å². The van der Waals surface area contributed by atoms with Crippen molar-refractivity contribution in [3.05, 3.63) is 35.4 Å². The van der Waals surface area contributed by atoms with Crippen LogP contribution in [0.3, 0.4) is 0 Å². The minimum atomic E-state index is 0.0769. The van der Waals surface area contributed by atoms with Crippen molar-refractivity contribution in [3.8, 4) is 0 Å². The molecule has 17 heavy (non-hydrogen) atoms. The third kappa shape index (κ3) is 3.56. The fourth-order valence-corrected chi connectivity index (χ4v) is 1.91. The highest BCUT2D eigenvalue weighted by Gasteiger charge is 2.24. The lowest BCUT2D eigenvalue weighted by Gasteiger charge is -2.14. The maximum atomic E-state index is 11.7. The van der Waals surface area contributed by atoms with Gasteiger partial charge in [0.1, 0.15) is 0 Å². The molecule has 0 heterocycles. The fourth-order valence-electron chi connectivity index (χ4n) is 1.91. The van der Waals surface area contributed by atoms with E-state index in [1.54, 1.807) is 0 Å². The van der Waals surface area contributed by atoms with E-state index in [2.05, 4.69) is 5.32 Å². The number of nitrogens with one attached hydrogen (secondary N) is 1. The van der Waals surface area contributed by atoms with Gasteiger partial charge in [-0.05, 0) is 36.8 Å². The molecule has 1 aliphatic carbocycles. The Morgan fingerprint density at radius 3 is 2.59 bits per heavy atom. The summed E-state index contributed by atoms with van der Waals surface area (Å²) in [4.78, 5) is 11.7. The van der Waals surface area contributed by atoms with E-state index in [0.29, 0.717) is 18.9 Å². The number of benzene rings is 1. The van der Waals surface area contributed by atoms with E-state index >= 15 is 0 Å². The highest BCUT2D eigenvalue weighted by molar-refractivity contribution is 5.76. The predicted molar refractivity (Wildman–Crippen MR) is 68.2 cm³/mol. The van der Waals surface area contributed by atoms with Crippen LogP contribution in [0.1, 0.15) is 43.4 Å². The molecule has 0 aliphatic heterocycles. The number of amides is 1. The zero-order valence-corrected chi connectivity index (χ0v) is 10.3. The van der Waals surface area contributed by atoms with Crippen LogP contribution in [0.15, 0.2) is 24.3 Å². The Bertz CT molecular complexity index is 382. The first-order valence-corrected chi connectivity index (χ1v) is 6.27. The number of carbonyl (C=O) groups excluding carboxylic acids is 1. The summed E-state index contributed by atoms with van der Waals surface area (Å²) in [5.74, 6) is 0.810. The lowest BCUT2D eigenvalue weighted by molar-refractivity contribution is -0.122. The molecule has 3 N–H and O–H groups in total. The number of nitrogens with two attached hydrogens (primary N) is 1. The summed E-state index contributed by atoms with van der Waals surface area (Å²) in [6.45, 7) is 2.57. The Labute approximate surface area is 102 Å². The molecule has 1 unspecified atom stereocenters. The SMILES string of the molecule is CC(NC(=O)CC1CC1)c1ccc(CN)cc1. The molecular formula is C14H20N2O. The van der Waals surface area contributed by atoms with Gasteiger partial charge < -0.3 is 11.1 Å². The standard InChI is InChI=1S/C14H20N2O/c1-10(16-14(17)8-11-2-3-11)13-6-4-12(9-15)5-7-13/h4-7,10-11H,2-3,8-9,15H2,1H3,(H,16,17). The molecule has 3 nitrogen and oxygen atoms in total. The molecule has 1 atom stereocenters. The molecule has 1 saturated carbocycles. The Kier molecular flexibility index (Phi) is 3.79. The maximum Gasteiger partial charge on any atom is 0.220 e. The van der Waals surface area contributed by atoms with Crippen LogP contribution in [0.25, 0.3) is 0 Å². The van der Waals surface area contributed by atoms with E-state index in [9.17, 15) is 4.79 Å². The molecular weight excluding hydrogens is 212 g/mol. The molecule has 0 bridgehead atoms. The minimum Gasteiger partial charge on any atom is -0.350 e. The molecule has 0 radical (unpaired) electrons. The normalized spacial score (nSPS) is 16.6. The predicted octanol–water partition coefficient (Wildman–Crippen LogP) is 2.12. The topological polar surface area (TPSA) is 55.1 Å². The van der Waals surface area contributed by atoms with Gasteiger partial charge in [0.15, 0.2) is 0 Å². The number of hydrogen-bond donors (Lipinski definition) is 2. The van der Waals surface area contributed by atoms with Crippen molar-refractivity contribution in [3.63, 3.8) is 0 Å². The van der Waals surface area contributed by atoms with Crippen molar-refractivity contribution >= 4 is 5.91 Å². The van der Waals surface area contributed by atoms with Gasteiger partial charge >= 0.3 is 0 Å². The molecule has 1 aromatic carbocycles. The Balaban J connectivity index is 1.88. The lowest BCUT2D eigenvalue weighted by Crippen LogP contribution is -2.26. The average molecular weight is 232 g/mol. The second-order valence-corrected chi connectivity index (χ2v) is 4.88. The molecule has 0 spiro atoms. The van der Waals surface area contributed by atoms with E-state index in [1.807, 2.05) is 31.2 Å². The van der Waals surface area contributed by atoms with Crippen molar-refractivity contribution in [1.29, 1.82) is 0 Å². The van der Waals surface area contributed by atoms with Crippen molar-refractivity contribution in [2.45, 2.75) is 38.8 Å². The Hall–Kier alpha value is -1.35. The maximum absolute atomic E-state index is 11.7. The quantitative estimate of drug-likeness (QED) is 0.817. The second kappa shape index (κ2) is 5.32. The van der Waals surface area contributed by atoms with Crippen LogP contribution in [0.2, 0.25) is 0 Å². The highest BCUT2D eigenvalue weighted by atomic mass is 16.1. The van der Waals surface area contributed by atoms with E-state index in [0.717, 1.165) is 11.1 Å². The van der Waals surface area contributed by atoms with Crippen molar-refractivity contribution in [1.82, 2.24) is 5.32 Å². The first-order chi connectivity index (χ1) is 8.19. The number of hydrogen-bond acceptors (Lipinski definition) is 2. The van der Waals surface area contributed by atoms with Gasteiger partial charge in [-0.2, -0.15) is 0 Å². The second-order valence-electron chi connectivity index (χ2n) is 4.88. The first-order valence-electron chi connectivity index (χ1n) is 6.27. The molecule has 1 fully saturated rings. The van der Waals surface area contributed by atoms with Crippen LogP contribution >= 0.6 is 0 Å². The van der Waals surface area contributed by atoms with Crippen LogP contribution in [0, 0.1) is 5.92 Å². The summed E-state index contributed by atoms with van der Waals surface area (Å²) in [5.41, 5.74) is 7.80. The van der Waals surface area contributed by atoms with Gasteiger partial charge in [0.25, 0.3) is 0 Å².